The van der Waals surface area contributed by atoms with Crippen molar-refractivity contribution in [2.24, 2.45) is 0 Å². The minimum absolute atomic E-state index is 0.0664. The van der Waals surface area contributed by atoms with Gasteiger partial charge in [-0.3, -0.25) is 0 Å². The number of sulfone groups is 1. The number of sulfonamides is 1. The second kappa shape index (κ2) is 6.19. The van der Waals surface area contributed by atoms with Crippen LogP contribution in [0.4, 0.5) is 0 Å². The maximum atomic E-state index is 12.1. The summed E-state index contributed by atoms with van der Waals surface area (Å²) in [4.78, 5) is 0.157. The quantitative estimate of drug-likeness (QED) is 0.684. The summed E-state index contributed by atoms with van der Waals surface area (Å²) in [5.41, 5.74) is 0. The lowest BCUT2D eigenvalue weighted by Crippen LogP contribution is -2.45. The fraction of sp³-hybridized carbons (Fsp3) is 1.00. The number of hydrogen-bond donors (Lipinski definition) is 0. The van der Waals surface area contributed by atoms with Gasteiger partial charge in [0, 0.05) is 24.2 Å². The lowest BCUT2D eigenvalue weighted by atomic mass is 9.96. The van der Waals surface area contributed by atoms with Gasteiger partial charge in [-0.25, -0.2) is 21.1 Å². The lowest BCUT2D eigenvalue weighted by Gasteiger charge is -2.34. The van der Waals surface area contributed by atoms with E-state index in [4.69, 9.17) is 0 Å². The Morgan fingerprint density at radius 2 is 1.67 bits per heavy atom. The summed E-state index contributed by atoms with van der Waals surface area (Å²) in [6.45, 7) is 0. The van der Waals surface area contributed by atoms with E-state index in [1.54, 1.807) is 7.05 Å². The fourth-order valence-electron chi connectivity index (χ4n) is 2.08. The average molecular weight is 362 g/mol. The molecule has 0 aromatic heterocycles. The first kappa shape index (κ1) is 16.4. The third-order valence-corrected chi connectivity index (χ3v) is 7.41. The molecule has 0 saturated heterocycles. The van der Waals surface area contributed by atoms with Crippen molar-refractivity contribution in [3.63, 3.8) is 0 Å². The smallest absolute Gasteiger partial charge is 0.215 e. The van der Waals surface area contributed by atoms with E-state index in [1.165, 1.54) is 4.31 Å². The summed E-state index contributed by atoms with van der Waals surface area (Å²) < 4.78 is 47.6. The summed E-state index contributed by atoms with van der Waals surface area (Å²) in [5.74, 6) is -0.655. The third-order valence-electron chi connectivity index (χ3n) is 3.27. The Balaban J connectivity index is 2.72. The second-order valence-corrected chi connectivity index (χ2v) is 10.4. The zero-order valence-electron chi connectivity index (χ0n) is 10.7. The highest BCUT2D eigenvalue weighted by Crippen LogP contribution is 2.29. The molecule has 1 fully saturated rings. The van der Waals surface area contributed by atoms with E-state index in [2.05, 4.69) is 15.9 Å². The number of nitrogens with zero attached hydrogens (tertiary/aromatic N) is 1. The van der Waals surface area contributed by atoms with Crippen LogP contribution >= 0.6 is 15.9 Å². The zero-order valence-corrected chi connectivity index (χ0v) is 13.9. The molecule has 18 heavy (non-hydrogen) atoms. The average Bonchev–Trinajstić information content (AvgIpc) is 2.25. The van der Waals surface area contributed by atoms with E-state index in [0.29, 0.717) is 0 Å². The molecular weight excluding hydrogens is 342 g/mol. The summed E-state index contributed by atoms with van der Waals surface area (Å²) in [6, 6.07) is -0.0664. The highest BCUT2D eigenvalue weighted by atomic mass is 79.9. The molecule has 0 amide bonds. The largest absolute Gasteiger partial charge is 0.229 e. The van der Waals surface area contributed by atoms with Crippen molar-refractivity contribution in [3.8, 4) is 0 Å². The number of alkyl halides is 1. The van der Waals surface area contributed by atoms with E-state index in [1.807, 2.05) is 0 Å². The summed E-state index contributed by atoms with van der Waals surface area (Å²) in [7, 11) is -5.21. The Hall–Kier alpha value is 0.340. The van der Waals surface area contributed by atoms with Crippen molar-refractivity contribution in [2.45, 2.75) is 36.6 Å². The molecule has 5 nitrogen and oxygen atoms in total. The molecular formula is C10H20BrNO4S2. The van der Waals surface area contributed by atoms with Crippen LogP contribution in [0.2, 0.25) is 0 Å². The zero-order chi connectivity index (χ0) is 14.0. The van der Waals surface area contributed by atoms with E-state index < -0.39 is 19.9 Å². The predicted octanol–water partition coefficient (Wildman–Crippen LogP) is 0.999. The van der Waals surface area contributed by atoms with Crippen molar-refractivity contribution < 1.29 is 16.8 Å². The van der Waals surface area contributed by atoms with E-state index >= 15 is 0 Å². The minimum Gasteiger partial charge on any atom is -0.229 e. The van der Waals surface area contributed by atoms with Crippen molar-refractivity contribution in [2.75, 3.05) is 24.8 Å². The topological polar surface area (TPSA) is 71.5 Å². The van der Waals surface area contributed by atoms with Crippen LogP contribution in [0.5, 0.6) is 0 Å². The van der Waals surface area contributed by atoms with Gasteiger partial charge in [0.05, 0.1) is 11.5 Å². The van der Waals surface area contributed by atoms with Crippen molar-refractivity contribution in [1.82, 2.24) is 4.31 Å². The molecule has 0 N–H and O–H groups in total. The standard InChI is InChI=1S/C10H20BrNO4S2/c1-12(10-6-4-3-5-9(10)11)18(15,16)8-7-17(2,13)14/h9-10H,3-8H2,1-2H3. The Morgan fingerprint density at radius 3 is 2.17 bits per heavy atom. The van der Waals surface area contributed by atoms with Gasteiger partial charge in [-0.15, -0.1) is 0 Å². The molecule has 0 spiro atoms. The maximum Gasteiger partial charge on any atom is 0.215 e. The number of hydrogen-bond acceptors (Lipinski definition) is 4. The molecule has 0 aromatic carbocycles. The normalized spacial score (nSPS) is 26.4. The first-order valence-electron chi connectivity index (χ1n) is 5.91. The molecule has 0 radical (unpaired) electrons. The van der Waals surface area contributed by atoms with Crippen molar-refractivity contribution >= 4 is 35.8 Å². The van der Waals surface area contributed by atoms with Crippen LogP contribution in [0, 0.1) is 0 Å². The van der Waals surface area contributed by atoms with Crippen molar-refractivity contribution in [1.29, 1.82) is 0 Å². The molecule has 1 saturated carbocycles. The number of rotatable bonds is 5. The van der Waals surface area contributed by atoms with Gasteiger partial charge in [0.2, 0.25) is 10.0 Å². The van der Waals surface area contributed by atoms with E-state index in [0.717, 1.165) is 31.9 Å². The fourth-order valence-corrected chi connectivity index (χ4v) is 6.19. The number of halogens is 1. The van der Waals surface area contributed by atoms with Gasteiger partial charge in [-0.2, -0.15) is 0 Å². The maximum absolute atomic E-state index is 12.1. The lowest BCUT2D eigenvalue weighted by molar-refractivity contribution is 0.297. The van der Waals surface area contributed by atoms with Gasteiger partial charge in [0.15, 0.2) is 0 Å². The molecule has 0 aromatic rings. The molecule has 0 bridgehead atoms. The summed E-state index contributed by atoms with van der Waals surface area (Å²) in [6.07, 6.45) is 4.94. The SMILES string of the molecule is CN(C1CCCCC1Br)S(=O)(=O)CCS(C)(=O)=O. The minimum atomic E-state index is -3.50. The highest BCUT2D eigenvalue weighted by molar-refractivity contribution is 9.09. The van der Waals surface area contributed by atoms with Crippen LogP contribution in [0.15, 0.2) is 0 Å². The van der Waals surface area contributed by atoms with Crippen LogP contribution in [0.3, 0.4) is 0 Å². The van der Waals surface area contributed by atoms with Gasteiger partial charge < -0.3 is 0 Å². The van der Waals surface area contributed by atoms with Gasteiger partial charge in [-0.05, 0) is 12.8 Å². The highest BCUT2D eigenvalue weighted by Gasteiger charge is 2.33. The molecule has 1 rings (SSSR count). The molecule has 0 heterocycles. The first-order valence-corrected chi connectivity index (χ1v) is 10.5. The van der Waals surface area contributed by atoms with Gasteiger partial charge in [0.1, 0.15) is 9.84 Å². The van der Waals surface area contributed by atoms with Gasteiger partial charge in [-0.1, -0.05) is 28.8 Å². The Morgan fingerprint density at radius 1 is 1.11 bits per heavy atom. The Bertz CT molecular complexity index is 474. The summed E-state index contributed by atoms with van der Waals surface area (Å²) >= 11 is 3.51. The van der Waals surface area contributed by atoms with Crippen LogP contribution in [-0.4, -0.2) is 56.8 Å². The van der Waals surface area contributed by atoms with Crippen LogP contribution in [0.25, 0.3) is 0 Å². The van der Waals surface area contributed by atoms with E-state index in [9.17, 15) is 16.8 Å². The Labute approximate surface area is 118 Å². The monoisotopic (exact) mass is 361 g/mol. The van der Waals surface area contributed by atoms with Crippen LogP contribution < -0.4 is 0 Å². The molecule has 2 atom stereocenters. The molecule has 8 heteroatoms. The molecule has 1 aliphatic carbocycles. The second-order valence-electron chi connectivity index (χ2n) is 4.83. The van der Waals surface area contributed by atoms with Crippen LogP contribution in [-0.2, 0) is 19.9 Å². The third kappa shape index (κ3) is 4.79. The Kier molecular flexibility index (Phi) is 5.64. The van der Waals surface area contributed by atoms with E-state index in [-0.39, 0.29) is 22.4 Å². The predicted molar refractivity (Wildman–Crippen MR) is 76.2 cm³/mol. The first-order chi connectivity index (χ1) is 8.13. The van der Waals surface area contributed by atoms with Gasteiger partial charge >= 0.3 is 0 Å². The molecule has 1 aliphatic rings. The van der Waals surface area contributed by atoms with Crippen molar-refractivity contribution in [3.05, 3.63) is 0 Å². The molecule has 108 valence electrons. The summed E-state index contributed by atoms with van der Waals surface area (Å²) in [5, 5.41) is 0. The molecule has 2 unspecified atom stereocenters. The van der Waals surface area contributed by atoms with Crippen LogP contribution in [0.1, 0.15) is 25.7 Å². The van der Waals surface area contributed by atoms with Gasteiger partial charge in [0.25, 0.3) is 0 Å². The molecule has 0 aliphatic heterocycles.